The van der Waals surface area contributed by atoms with Crippen molar-refractivity contribution in [2.45, 2.75) is 0 Å². The van der Waals surface area contributed by atoms with Crippen LogP contribution in [-0.2, 0) is 0 Å². The van der Waals surface area contributed by atoms with Gasteiger partial charge in [-0.2, -0.15) is 10.2 Å². The number of nitrogens with two attached hydrogens (primary N) is 2. The standard InChI is InChI=1S/C16H14N8O2/c17-21-13-7-1-5(25)2-8-11(7)12-9(14(13)22-18)3-6(26)4-10(12)16(24-20)15(8)23-19/h1-4,17,19,22,24-26H,18,20H2. The first-order valence-corrected chi connectivity index (χ1v) is 7.48. The quantitative estimate of drug-likeness (QED) is 0.119. The molecule has 0 unspecified atom stereocenters. The summed E-state index contributed by atoms with van der Waals surface area (Å²) in [5, 5.41) is 30.7. The normalized spacial score (nSPS) is 11.3. The molecule has 0 amide bonds. The summed E-state index contributed by atoms with van der Waals surface area (Å²) in [6.45, 7) is 0. The summed E-state index contributed by atoms with van der Waals surface area (Å²) in [5.74, 6) is 11.2. The molecule has 26 heavy (non-hydrogen) atoms. The van der Waals surface area contributed by atoms with E-state index in [0.29, 0.717) is 43.7 Å². The summed E-state index contributed by atoms with van der Waals surface area (Å²) < 4.78 is 0. The summed E-state index contributed by atoms with van der Waals surface area (Å²) in [7, 11) is 0. The maximum absolute atomic E-state index is 10.2. The maximum atomic E-state index is 10.2. The third-order valence-electron chi connectivity index (χ3n) is 4.53. The Morgan fingerprint density at radius 2 is 1.04 bits per heavy atom. The highest BCUT2D eigenvalue weighted by atomic mass is 16.3. The van der Waals surface area contributed by atoms with Crippen LogP contribution < -0.4 is 22.5 Å². The molecule has 4 rings (SSSR count). The molecule has 10 nitrogen and oxygen atoms in total. The number of phenols is 2. The first-order chi connectivity index (χ1) is 12.5. The van der Waals surface area contributed by atoms with E-state index in [1.165, 1.54) is 24.3 Å². The van der Waals surface area contributed by atoms with Gasteiger partial charge in [-0.05, 0) is 24.3 Å². The molecule has 10 N–H and O–H groups in total. The zero-order valence-corrected chi connectivity index (χ0v) is 13.3. The number of nitrogens with zero attached hydrogens (tertiary/aromatic N) is 2. The van der Waals surface area contributed by atoms with Crippen LogP contribution in [0.25, 0.3) is 32.3 Å². The maximum Gasteiger partial charge on any atom is 0.118 e. The van der Waals surface area contributed by atoms with E-state index >= 15 is 0 Å². The lowest BCUT2D eigenvalue weighted by Gasteiger charge is -2.20. The number of anilines is 2. The molecule has 0 saturated heterocycles. The molecule has 0 spiro atoms. The van der Waals surface area contributed by atoms with Gasteiger partial charge in [-0.15, -0.1) is 0 Å². The van der Waals surface area contributed by atoms with Crippen molar-refractivity contribution in [1.29, 1.82) is 11.1 Å². The van der Waals surface area contributed by atoms with Crippen LogP contribution in [0.1, 0.15) is 0 Å². The van der Waals surface area contributed by atoms with Crippen molar-refractivity contribution < 1.29 is 10.2 Å². The average Bonchev–Trinajstić information content (AvgIpc) is 2.63. The van der Waals surface area contributed by atoms with Gasteiger partial charge in [-0.1, -0.05) is 0 Å². The molecule has 4 aromatic carbocycles. The third kappa shape index (κ3) is 1.82. The van der Waals surface area contributed by atoms with E-state index in [-0.39, 0.29) is 22.9 Å². The van der Waals surface area contributed by atoms with E-state index < -0.39 is 0 Å². The Bertz CT molecular complexity index is 1130. The molecule has 0 aliphatic carbocycles. The van der Waals surface area contributed by atoms with Crippen molar-refractivity contribution in [3.8, 4) is 11.5 Å². The number of aromatic hydroxyl groups is 2. The van der Waals surface area contributed by atoms with Gasteiger partial charge in [0.15, 0.2) is 0 Å². The Morgan fingerprint density at radius 1 is 0.692 bits per heavy atom. The first-order valence-electron chi connectivity index (χ1n) is 7.48. The lowest BCUT2D eigenvalue weighted by atomic mass is 9.89. The highest BCUT2D eigenvalue weighted by Gasteiger charge is 2.24. The Labute approximate surface area is 145 Å². The van der Waals surface area contributed by atoms with Crippen LogP contribution in [0.4, 0.5) is 22.7 Å². The minimum Gasteiger partial charge on any atom is -0.508 e. The highest BCUT2D eigenvalue weighted by molar-refractivity contribution is 6.35. The van der Waals surface area contributed by atoms with Crippen molar-refractivity contribution in [1.82, 2.24) is 0 Å². The number of phenolic OH excluding ortho intramolecular Hbond substituents is 2. The smallest absolute Gasteiger partial charge is 0.118 e. The molecule has 10 heteroatoms. The van der Waals surface area contributed by atoms with Crippen molar-refractivity contribution in [3.05, 3.63) is 24.3 Å². The first kappa shape index (κ1) is 15.7. The summed E-state index contributed by atoms with van der Waals surface area (Å²) >= 11 is 0. The molecule has 0 fully saturated rings. The van der Waals surface area contributed by atoms with E-state index in [0.717, 1.165) is 0 Å². The Balaban J connectivity index is 2.50. The molecular formula is C16H14N8O2. The lowest BCUT2D eigenvalue weighted by molar-refractivity contribution is 0.476. The highest BCUT2D eigenvalue weighted by Crippen LogP contribution is 2.53. The Morgan fingerprint density at radius 3 is 1.38 bits per heavy atom. The molecule has 0 aromatic heterocycles. The summed E-state index contributed by atoms with van der Waals surface area (Å²) in [4.78, 5) is 0. The second-order valence-corrected chi connectivity index (χ2v) is 5.79. The fraction of sp³-hybridized carbons (Fsp3) is 0. The van der Waals surface area contributed by atoms with Crippen LogP contribution in [0.2, 0.25) is 0 Å². The Kier molecular flexibility index (Phi) is 3.26. The number of nitrogen functional groups attached to an aromatic ring is 2. The zero-order chi connectivity index (χ0) is 18.6. The van der Waals surface area contributed by atoms with Crippen molar-refractivity contribution >= 4 is 55.1 Å². The second kappa shape index (κ2) is 5.37. The van der Waals surface area contributed by atoms with Gasteiger partial charge in [0.1, 0.15) is 22.9 Å². The zero-order valence-electron chi connectivity index (χ0n) is 13.3. The van der Waals surface area contributed by atoms with Crippen LogP contribution >= 0.6 is 0 Å². The molecule has 0 aliphatic rings. The van der Waals surface area contributed by atoms with E-state index in [9.17, 15) is 10.2 Å². The molecule has 0 heterocycles. The molecule has 0 bridgehead atoms. The van der Waals surface area contributed by atoms with Crippen molar-refractivity contribution in [2.24, 2.45) is 21.9 Å². The molecule has 130 valence electrons. The summed E-state index contributed by atoms with van der Waals surface area (Å²) in [6, 6.07) is 5.92. The van der Waals surface area contributed by atoms with Crippen molar-refractivity contribution in [2.75, 3.05) is 10.9 Å². The minimum absolute atomic E-state index is 0.0569. The molecule has 0 saturated carbocycles. The van der Waals surface area contributed by atoms with E-state index in [4.69, 9.17) is 22.7 Å². The number of nitrogens with one attached hydrogen (secondary N) is 4. The predicted molar refractivity (Wildman–Crippen MR) is 98.7 cm³/mol. The van der Waals surface area contributed by atoms with E-state index in [1.807, 2.05) is 0 Å². The van der Waals surface area contributed by atoms with Crippen molar-refractivity contribution in [3.63, 3.8) is 0 Å². The predicted octanol–water partition coefficient (Wildman–Crippen LogP) is 3.89. The van der Waals surface area contributed by atoms with Crippen LogP contribution in [0.15, 0.2) is 34.5 Å². The number of hydrogen-bond donors (Lipinski definition) is 8. The van der Waals surface area contributed by atoms with Gasteiger partial charge >= 0.3 is 0 Å². The molecular weight excluding hydrogens is 336 g/mol. The van der Waals surface area contributed by atoms with Gasteiger partial charge < -0.3 is 21.1 Å². The molecule has 0 radical (unpaired) electrons. The fourth-order valence-electron chi connectivity index (χ4n) is 3.61. The van der Waals surface area contributed by atoms with Crippen LogP contribution in [0.3, 0.4) is 0 Å². The number of rotatable bonds is 4. The van der Waals surface area contributed by atoms with Gasteiger partial charge in [0.25, 0.3) is 0 Å². The topological polar surface area (TPSA) is 189 Å². The van der Waals surface area contributed by atoms with Crippen LogP contribution in [0.5, 0.6) is 11.5 Å². The number of hydrazine groups is 2. The second-order valence-electron chi connectivity index (χ2n) is 5.79. The third-order valence-corrected chi connectivity index (χ3v) is 4.53. The monoisotopic (exact) mass is 350 g/mol. The van der Waals surface area contributed by atoms with Gasteiger partial charge in [-0.3, -0.25) is 11.7 Å². The Hall–Kier alpha value is -3.76. The van der Waals surface area contributed by atoms with Gasteiger partial charge in [0.2, 0.25) is 0 Å². The van der Waals surface area contributed by atoms with E-state index in [2.05, 4.69) is 21.1 Å². The fourth-order valence-corrected chi connectivity index (χ4v) is 3.61. The summed E-state index contributed by atoms with van der Waals surface area (Å²) in [6.07, 6.45) is 0. The van der Waals surface area contributed by atoms with Crippen LogP contribution in [-0.4, -0.2) is 10.2 Å². The van der Waals surface area contributed by atoms with Gasteiger partial charge in [-0.25, -0.2) is 11.1 Å². The summed E-state index contributed by atoms with van der Waals surface area (Å²) in [5.41, 5.74) is 21.2. The SMILES string of the molecule is N=Nc1c(NN)c2cc(O)cc3c(NN)c(N=N)c4cc(O)cc1c4c23. The largest absolute Gasteiger partial charge is 0.508 e. The molecule has 4 aromatic rings. The number of hydrogen-bond acceptors (Lipinski definition) is 10. The molecule has 0 aliphatic heterocycles. The average molecular weight is 350 g/mol. The van der Waals surface area contributed by atoms with Gasteiger partial charge in [0, 0.05) is 32.3 Å². The molecule has 0 atom stereocenters. The number of benzene rings is 4. The lowest BCUT2D eigenvalue weighted by Crippen LogP contribution is -2.10. The van der Waals surface area contributed by atoms with E-state index in [1.54, 1.807) is 0 Å². The van der Waals surface area contributed by atoms with Gasteiger partial charge in [0.05, 0.1) is 11.4 Å². The van der Waals surface area contributed by atoms with Crippen LogP contribution in [0, 0.1) is 11.1 Å². The minimum atomic E-state index is -0.0838.